The summed E-state index contributed by atoms with van der Waals surface area (Å²) in [5.41, 5.74) is 0.881. The van der Waals surface area contributed by atoms with Crippen LogP contribution in [0, 0.1) is 0 Å². The van der Waals surface area contributed by atoms with Gasteiger partial charge in [0.05, 0.1) is 6.61 Å². The number of benzene rings is 1. The normalized spacial score (nSPS) is 14.2. The van der Waals surface area contributed by atoms with E-state index in [1.807, 2.05) is 37.3 Å². The Morgan fingerprint density at radius 3 is 2.46 bits per heavy atom. The Bertz CT molecular complexity index is 728. The highest BCUT2D eigenvalue weighted by Gasteiger charge is 2.33. The number of nitrogens with one attached hydrogen (secondary N) is 1. The zero-order valence-electron chi connectivity index (χ0n) is 15.8. The number of imide groups is 1. The molecule has 0 aliphatic carbocycles. The highest BCUT2D eigenvalue weighted by molar-refractivity contribution is 6.03. The van der Waals surface area contributed by atoms with Crippen LogP contribution in [-0.4, -0.2) is 35.5 Å². The number of rotatable bonds is 9. The molecule has 28 heavy (non-hydrogen) atoms. The minimum absolute atomic E-state index is 0.00828. The first-order valence-corrected chi connectivity index (χ1v) is 9.27. The molecule has 0 spiro atoms. The third-order valence-electron chi connectivity index (χ3n) is 3.99. The molecule has 3 amide bonds. The molecule has 1 aliphatic heterocycles. The molecule has 150 valence electrons. The summed E-state index contributed by atoms with van der Waals surface area (Å²) in [6, 6.07) is 9.60. The number of hydroxylamine groups is 2. The van der Waals surface area contributed by atoms with Crippen molar-refractivity contribution < 1.29 is 28.8 Å². The topological polar surface area (TPSA) is 102 Å². The van der Waals surface area contributed by atoms with E-state index in [9.17, 15) is 19.2 Å². The maximum atomic E-state index is 12.4. The summed E-state index contributed by atoms with van der Waals surface area (Å²) in [7, 11) is 0. The van der Waals surface area contributed by atoms with Gasteiger partial charge in [0.15, 0.2) is 0 Å². The van der Waals surface area contributed by atoms with Crippen LogP contribution in [0.15, 0.2) is 42.1 Å². The lowest BCUT2D eigenvalue weighted by molar-refractivity contribution is -0.194. The lowest BCUT2D eigenvalue weighted by Crippen LogP contribution is -2.36. The number of aryl methyl sites for hydroxylation is 1. The number of carbonyl (C=O) groups excluding carboxylic acids is 4. The number of unbranched alkanes of at least 4 members (excludes halogenated alkanes) is 1. The molecule has 0 aromatic heterocycles. The van der Waals surface area contributed by atoms with E-state index in [0.717, 1.165) is 12.0 Å². The Morgan fingerprint density at radius 1 is 1.14 bits per heavy atom. The van der Waals surface area contributed by atoms with Crippen molar-refractivity contribution in [2.24, 2.45) is 0 Å². The van der Waals surface area contributed by atoms with Crippen molar-refractivity contribution in [2.45, 2.75) is 45.4 Å². The van der Waals surface area contributed by atoms with Gasteiger partial charge in [0.1, 0.15) is 5.70 Å². The quantitative estimate of drug-likeness (QED) is 0.396. The fourth-order valence-electron chi connectivity index (χ4n) is 2.46. The molecular weight excluding hydrogens is 364 g/mol. The van der Waals surface area contributed by atoms with Gasteiger partial charge in [-0.1, -0.05) is 49.8 Å². The summed E-state index contributed by atoms with van der Waals surface area (Å²) < 4.78 is 4.99. The van der Waals surface area contributed by atoms with E-state index >= 15 is 0 Å². The van der Waals surface area contributed by atoms with Crippen LogP contribution < -0.4 is 5.32 Å². The van der Waals surface area contributed by atoms with Gasteiger partial charge in [-0.3, -0.25) is 14.9 Å². The van der Waals surface area contributed by atoms with Crippen molar-refractivity contribution >= 4 is 23.9 Å². The Balaban J connectivity index is 2.02. The van der Waals surface area contributed by atoms with Gasteiger partial charge in [-0.2, -0.15) is 0 Å². The first-order valence-electron chi connectivity index (χ1n) is 9.27. The van der Waals surface area contributed by atoms with Gasteiger partial charge in [-0.15, -0.1) is 5.06 Å². The van der Waals surface area contributed by atoms with E-state index in [1.165, 1.54) is 6.08 Å². The summed E-state index contributed by atoms with van der Waals surface area (Å²) >= 11 is 0. The first kappa shape index (κ1) is 21.1. The van der Waals surface area contributed by atoms with E-state index in [0.29, 0.717) is 24.3 Å². The predicted octanol–water partition coefficient (Wildman–Crippen LogP) is 2.64. The molecule has 1 aliphatic rings. The molecule has 0 saturated carbocycles. The van der Waals surface area contributed by atoms with Crippen molar-refractivity contribution in [2.75, 3.05) is 6.61 Å². The Morgan fingerprint density at radius 2 is 1.82 bits per heavy atom. The molecule has 0 radical (unpaired) electrons. The Kier molecular flexibility index (Phi) is 8.20. The van der Waals surface area contributed by atoms with E-state index in [4.69, 9.17) is 9.57 Å². The number of nitrogens with zero attached hydrogens (tertiary/aromatic N) is 1. The maximum absolute atomic E-state index is 12.4. The second-order valence-corrected chi connectivity index (χ2v) is 6.22. The molecule has 2 rings (SSSR count). The molecule has 1 N–H and O–H groups in total. The van der Waals surface area contributed by atoms with Crippen LogP contribution in [0.3, 0.4) is 0 Å². The SMILES string of the molecule is CCCCOC(=O)NC(=CCCc1ccccc1)C(=O)ON1C(=O)CCC1=O. The lowest BCUT2D eigenvalue weighted by atomic mass is 10.1. The third kappa shape index (κ3) is 6.53. The van der Waals surface area contributed by atoms with Gasteiger partial charge < -0.3 is 9.57 Å². The van der Waals surface area contributed by atoms with Gasteiger partial charge in [-0.05, 0) is 24.8 Å². The molecule has 8 nitrogen and oxygen atoms in total. The van der Waals surface area contributed by atoms with Gasteiger partial charge in [0.25, 0.3) is 11.8 Å². The van der Waals surface area contributed by atoms with E-state index < -0.39 is 23.9 Å². The fourth-order valence-corrected chi connectivity index (χ4v) is 2.46. The highest BCUT2D eigenvalue weighted by atomic mass is 16.7. The van der Waals surface area contributed by atoms with E-state index in [2.05, 4.69) is 5.32 Å². The van der Waals surface area contributed by atoms with Crippen LogP contribution >= 0.6 is 0 Å². The van der Waals surface area contributed by atoms with Gasteiger partial charge in [0, 0.05) is 12.8 Å². The lowest BCUT2D eigenvalue weighted by Gasteiger charge is -2.15. The van der Waals surface area contributed by atoms with Gasteiger partial charge in [-0.25, -0.2) is 9.59 Å². The number of hydrogen-bond acceptors (Lipinski definition) is 6. The molecule has 0 atom stereocenters. The van der Waals surface area contributed by atoms with E-state index in [-0.39, 0.29) is 25.1 Å². The number of allylic oxidation sites excluding steroid dienone is 1. The number of alkyl carbamates (subject to hydrolysis) is 1. The van der Waals surface area contributed by atoms with Gasteiger partial charge in [0.2, 0.25) is 0 Å². The molecular formula is C20H24N2O6. The standard InChI is InChI=1S/C20H24N2O6/c1-2-3-14-27-20(26)21-16(11-7-10-15-8-5-4-6-9-15)19(25)28-22-17(23)12-13-18(22)24/h4-6,8-9,11H,2-3,7,10,12-14H2,1H3,(H,21,26). The summed E-state index contributed by atoms with van der Waals surface area (Å²) in [6.45, 7) is 2.18. The first-order chi connectivity index (χ1) is 13.5. The molecule has 1 fully saturated rings. The maximum Gasteiger partial charge on any atom is 0.411 e. The third-order valence-corrected chi connectivity index (χ3v) is 3.99. The van der Waals surface area contributed by atoms with Crippen LogP contribution in [0.5, 0.6) is 0 Å². The largest absolute Gasteiger partial charge is 0.449 e. The Hall–Kier alpha value is -3.16. The Labute approximate surface area is 163 Å². The highest BCUT2D eigenvalue weighted by Crippen LogP contribution is 2.14. The zero-order valence-corrected chi connectivity index (χ0v) is 15.8. The van der Waals surface area contributed by atoms with Crippen LogP contribution in [0.2, 0.25) is 0 Å². The van der Waals surface area contributed by atoms with Crippen LogP contribution in [0.4, 0.5) is 4.79 Å². The molecule has 1 saturated heterocycles. The van der Waals surface area contributed by atoms with Crippen molar-refractivity contribution in [3.63, 3.8) is 0 Å². The zero-order chi connectivity index (χ0) is 20.4. The van der Waals surface area contributed by atoms with Crippen molar-refractivity contribution in [3.8, 4) is 0 Å². The number of carbonyl (C=O) groups is 4. The summed E-state index contributed by atoms with van der Waals surface area (Å²) in [6.07, 6.45) is 3.29. The molecule has 1 aromatic rings. The van der Waals surface area contributed by atoms with Gasteiger partial charge >= 0.3 is 12.1 Å². The molecule has 8 heteroatoms. The number of ether oxygens (including phenoxy) is 1. The second kappa shape index (κ2) is 10.9. The number of hydrogen-bond donors (Lipinski definition) is 1. The summed E-state index contributed by atoms with van der Waals surface area (Å²) in [5, 5.41) is 2.78. The van der Waals surface area contributed by atoms with E-state index in [1.54, 1.807) is 0 Å². The predicted molar refractivity (Wildman–Crippen MR) is 99.4 cm³/mol. The summed E-state index contributed by atoms with van der Waals surface area (Å²) in [4.78, 5) is 52.4. The fraction of sp³-hybridized carbons (Fsp3) is 0.400. The summed E-state index contributed by atoms with van der Waals surface area (Å²) in [5.74, 6) is -2.18. The monoisotopic (exact) mass is 388 g/mol. The van der Waals surface area contributed by atoms with Crippen LogP contribution in [-0.2, 0) is 30.4 Å². The van der Waals surface area contributed by atoms with Crippen molar-refractivity contribution in [3.05, 3.63) is 47.7 Å². The average Bonchev–Trinajstić information content (AvgIpc) is 3.00. The minimum atomic E-state index is -0.996. The number of amides is 3. The second-order valence-electron chi connectivity index (χ2n) is 6.22. The minimum Gasteiger partial charge on any atom is -0.449 e. The van der Waals surface area contributed by atoms with Crippen LogP contribution in [0.1, 0.15) is 44.6 Å². The smallest absolute Gasteiger partial charge is 0.411 e. The molecule has 0 bridgehead atoms. The molecule has 1 heterocycles. The average molecular weight is 388 g/mol. The van der Waals surface area contributed by atoms with Crippen molar-refractivity contribution in [1.29, 1.82) is 0 Å². The van der Waals surface area contributed by atoms with Crippen molar-refractivity contribution in [1.82, 2.24) is 10.4 Å². The van der Waals surface area contributed by atoms with Crippen LogP contribution in [0.25, 0.3) is 0 Å². The molecule has 1 aromatic carbocycles. The molecule has 0 unspecified atom stereocenters.